The van der Waals surface area contributed by atoms with E-state index in [1.54, 1.807) is 37.3 Å². The van der Waals surface area contributed by atoms with Crippen molar-refractivity contribution >= 4 is 35.0 Å². The average Bonchev–Trinajstić information content (AvgIpc) is 2.41. The second kappa shape index (κ2) is 7.76. The molecule has 0 aliphatic heterocycles. The molecule has 0 saturated carbocycles. The van der Waals surface area contributed by atoms with Gasteiger partial charge in [0.15, 0.2) is 0 Å². The lowest BCUT2D eigenvalue weighted by atomic mass is 10.3. The van der Waals surface area contributed by atoms with Crippen LogP contribution in [0, 0.1) is 11.3 Å². The van der Waals surface area contributed by atoms with Crippen molar-refractivity contribution < 1.29 is 14.3 Å². The summed E-state index contributed by atoms with van der Waals surface area (Å²) in [6.07, 6.45) is -0.938. The Labute approximate surface area is 120 Å². The standard InChI is InChI=1S/C12H11ClN4O3/c1-2-20-12(19)15-11(18)10(7-14)17-16-9-5-3-8(13)4-6-9/h3-6,16H,2H2,1H3,(H,15,18,19)/b17-10+. The van der Waals surface area contributed by atoms with E-state index in [4.69, 9.17) is 16.9 Å². The Kier molecular flexibility index (Phi) is 6.00. The van der Waals surface area contributed by atoms with Gasteiger partial charge in [0.1, 0.15) is 6.07 Å². The van der Waals surface area contributed by atoms with Gasteiger partial charge in [-0.2, -0.15) is 10.4 Å². The number of carbonyl (C=O) groups excluding carboxylic acids is 2. The van der Waals surface area contributed by atoms with Gasteiger partial charge in [0, 0.05) is 5.02 Å². The number of hydrogen-bond acceptors (Lipinski definition) is 6. The van der Waals surface area contributed by atoms with Gasteiger partial charge in [-0.15, -0.1) is 0 Å². The third-order valence-electron chi connectivity index (χ3n) is 1.95. The van der Waals surface area contributed by atoms with Gasteiger partial charge in [0.25, 0.3) is 5.91 Å². The number of alkyl carbamates (subject to hydrolysis) is 1. The third kappa shape index (κ3) is 4.96. The molecule has 20 heavy (non-hydrogen) atoms. The van der Waals surface area contributed by atoms with Crippen molar-refractivity contribution in [2.75, 3.05) is 12.0 Å². The van der Waals surface area contributed by atoms with Gasteiger partial charge in [-0.3, -0.25) is 15.5 Å². The van der Waals surface area contributed by atoms with Crippen LogP contribution in [0.1, 0.15) is 6.92 Å². The highest BCUT2D eigenvalue weighted by molar-refractivity contribution is 6.46. The smallest absolute Gasteiger partial charge is 0.414 e. The minimum Gasteiger partial charge on any atom is -0.450 e. The van der Waals surface area contributed by atoms with E-state index in [1.807, 2.05) is 5.32 Å². The van der Waals surface area contributed by atoms with Crippen molar-refractivity contribution in [3.05, 3.63) is 29.3 Å². The highest BCUT2D eigenvalue weighted by Crippen LogP contribution is 2.13. The van der Waals surface area contributed by atoms with Crippen LogP contribution in [-0.2, 0) is 9.53 Å². The minimum absolute atomic E-state index is 0.112. The fourth-order valence-electron chi connectivity index (χ4n) is 1.09. The summed E-state index contributed by atoms with van der Waals surface area (Å²) >= 11 is 5.71. The quantitative estimate of drug-likeness (QED) is 0.652. The fraction of sp³-hybridized carbons (Fsp3) is 0.167. The lowest BCUT2D eigenvalue weighted by molar-refractivity contribution is -0.114. The van der Waals surface area contributed by atoms with Crippen molar-refractivity contribution in [1.82, 2.24) is 5.32 Å². The van der Waals surface area contributed by atoms with Gasteiger partial charge >= 0.3 is 6.09 Å². The zero-order valence-corrected chi connectivity index (χ0v) is 11.3. The molecule has 1 aromatic rings. The van der Waals surface area contributed by atoms with E-state index in [0.717, 1.165) is 0 Å². The summed E-state index contributed by atoms with van der Waals surface area (Å²) in [5.74, 6) is -0.951. The van der Waals surface area contributed by atoms with Crippen LogP contribution < -0.4 is 10.7 Å². The maximum absolute atomic E-state index is 11.5. The molecule has 2 amide bonds. The molecule has 0 unspecified atom stereocenters. The number of anilines is 1. The monoisotopic (exact) mass is 294 g/mol. The highest BCUT2D eigenvalue weighted by atomic mass is 35.5. The Bertz CT molecular complexity index is 563. The first kappa shape index (κ1) is 15.5. The molecule has 0 spiro atoms. The predicted octanol–water partition coefficient (Wildman–Crippen LogP) is 1.90. The van der Waals surface area contributed by atoms with E-state index in [2.05, 4.69) is 15.3 Å². The second-order valence-corrected chi connectivity index (χ2v) is 3.80. The van der Waals surface area contributed by atoms with E-state index in [1.165, 1.54) is 0 Å². The zero-order chi connectivity index (χ0) is 15.0. The lowest BCUT2D eigenvalue weighted by Gasteiger charge is -2.03. The van der Waals surface area contributed by atoms with Crippen LogP contribution in [0.4, 0.5) is 10.5 Å². The van der Waals surface area contributed by atoms with Crippen molar-refractivity contribution in [2.45, 2.75) is 6.92 Å². The number of amides is 2. The van der Waals surface area contributed by atoms with Crippen molar-refractivity contribution in [3.8, 4) is 6.07 Å². The number of halogens is 1. The number of hydrazone groups is 1. The number of nitriles is 1. The van der Waals surface area contributed by atoms with E-state index in [9.17, 15) is 9.59 Å². The average molecular weight is 295 g/mol. The van der Waals surface area contributed by atoms with Crippen LogP contribution in [0.2, 0.25) is 5.02 Å². The normalized spacial score (nSPS) is 10.3. The van der Waals surface area contributed by atoms with Gasteiger partial charge in [-0.25, -0.2) is 4.79 Å². The molecule has 0 aromatic heterocycles. The van der Waals surface area contributed by atoms with E-state index < -0.39 is 17.7 Å². The Balaban J connectivity index is 2.68. The van der Waals surface area contributed by atoms with Gasteiger partial charge in [0.2, 0.25) is 5.71 Å². The number of rotatable bonds is 4. The van der Waals surface area contributed by atoms with Crippen LogP contribution in [-0.4, -0.2) is 24.3 Å². The second-order valence-electron chi connectivity index (χ2n) is 3.37. The van der Waals surface area contributed by atoms with Gasteiger partial charge in [-0.1, -0.05) is 11.6 Å². The molecule has 2 N–H and O–H groups in total. The molecule has 104 valence electrons. The van der Waals surface area contributed by atoms with Crippen LogP contribution in [0.25, 0.3) is 0 Å². The maximum Gasteiger partial charge on any atom is 0.414 e. The fourth-order valence-corrected chi connectivity index (χ4v) is 1.22. The summed E-state index contributed by atoms with van der Waals surface area (Å²) < 4.78 is 4.51. The minimum atomic E-state index is -0.951. The molecule has 0 bridgehead atoms. The Morgan fingerprint density at radius 3 is 2.60 bits per heavy atom. The van der Waals surface area contributed by atoms with Crippen molar-refractivity contribution in [3.63, 3.8) is 0 Å². The summed E-state index contributed by atoms with van der Waals surface area (Å²) in [7, 11) is 0. The molecule has 0 aliphatic rings. The molecular weight excluding hydrogens is 284 g/mol. The van der Waals surface area contributed by atoms with Crippen molar-refractivity contribution in [1.29, 1.82) is 5.26 Å². The molecule has 0 aliphatic carbocycles. The largest absolute Gasteiger partial charge is 0.450 e. The topological polar surface area (TPSA) is 104 Å². The van der Waals surface area contributed by atoms with Crippen LogP contribution in [0.15, 0.2) is 29.4 Å². The first-order valence-corrected chi connectivity index (χ1v) is 5.92. The molecule has 8 heteroatoms. The first-order chi connectivity index (χ1) is 9.56. The number of benzene rings is 1. The highest BCUT2D eigenvalue weighted by Gasteiger charge is 2.15. The molecule has 1 rings (SSSR count). The van der Waals surface area contributed by atoms with E-state index in [0.29, 0.717) is 10.7 Å². The zero-order valence-electron chi connectivity index (χ0n) is 10.5. The Morgan fingerprint density at radius 1 is 1.40 bits per heavy atom. The number of carbonyl (C=O) groups is 2. The van der Waals surface area contributed by atoms with Crippen LogP contribution >= 0.6 is 11.6 Å². The predicted molar refractivity (Wildman–Crippen MR) is 73.3 cm³/mol. The number of nitrogens with zero attached hydrogens (tertiary/aromatic N) is 2. The molecule has 1 aromatic carbocycles. The van der Waals surface area contributed by atoms with Gasteiger partial charge < -0.3 is 4.74 Å². The van der Waals surface area contributed by atoms with Gasteiger partial charge in [-0.05, 0) is 31.2 Å². The van der Waals surface area contributed by atoms with E-state index in [-0.39, 0.29) is 6.61 Å². The summed E-state index contributed by atoms with van der Waals surface area (Å²) in [4.78, 5) is 22.5. The number of hydrogen-bond donors (Lipinski definition) is 2. The summed E-state index contributed by atoms with van der Waals surface area (Å²) in [5.41, 5.74) is 2.53. The number of nitrogens with one attached hydrogen (secondary N) is 2. The van der Waals surface area contributed by atoms with E-state index >= 15 is 0 Å². The first-order valence-electron chi connectivity index (χ1n) is 5.54. The SMILES string of the molecule is CCOC(=O)NC(=O)/C(C#N)=N/Nc1ccc(Cl)cc1. The van der Waals surface area contributed by atoms with Crippen LogP contribution in [0.3, 0.4) is 0 Å². The molecule has 0 radical (unpaired) electrons. The Morgan fingerprint density at radius 2 is 2.05 bits per heavy atom. The van der Waals surface area contributed by atoms with Gasteiger partial charge in [0.05, 0.1) is 12.3 Å². The lowest BCUT2D eigenvalue weighted by Crippen LogP contribution is -2.36. The molecule has 0 fully saturated rings. The molecule has 0 atom stereocenters. The molecule has 0 saturated heterocycles. The number of ether oxygens (including phenoxy) is 1. The maximum atomic E-state index is 11.5. The van der Waals surface area contributed by atoms with Crippen molar-refractivity contribution in [2.24, 2.45) is 5.10 Å². The third-order valence-corrected chi connectivity index (χ3v) is 2.21. The summed E-state index contributed by atoms with van der Waals surface area (Å²) in [6.45, 7) is 1.70. The molecule has 0 heterocycles. The summed E-state index contributed by atoms with van der Waals surface area (Å²) in [6, 6.07) is 8.03. The summed E-state index contributed by atoms with van der Waals surface area (Å²) in [5, 5.41) is 14.8. The van der Waals surface area contributed by atoms with Crippen LogP contribution in [0.5, 0.6) is 0 Å². The molecule has 7 nitrogen and oxygen atoms in total. The Hall–Kier alpha value is -2.59. The number of imide groups is 1. The molecular formula is C12H11ClN4O3.